The number of amides is 2. The second kappa shape index (κ2) is 7.55. The molecule has 1 unspecified atom stereocenters. The number of hydrogen-bond acceptors (Lipinski definition) is 4. The molecule has 156 valence electrons. The minimum atomic E-state index is -0.937. The van der Waals surface area contributed by atoms with E-state index >= 15 is 0 Å². The Morgan fingerprint density at radius 3 is 2.06 bits per heavy atom. The van der Waals surface area contributed by atoms with E-state index in [1.165, 1.54) is 24.3 Å². The van der Waals surface area contributed by atoms with Gasteiger partial charge in [-0.1, -0.05) is 47.5 Å². The maximum Gasteiger partial charge on any atom is 0.266 e. The Kier molecular flexibility index (Phi) is 4.81. The molecule has 0 spiro atoms. The first kappa shape index (κ1) is 20.4. The molecule has 0 aromatic heterocycles. The van der Waals surface area contributed by atoms with Gasteiger partial charge < -0.3 is 0 Å². The molecule has 0 bridgehead atoms. The number of fused-ring (bicyclic) bond motifs is 2. The van der Waals surface area contributed by atoms with Gasteiger partial charge in [0.05, 0.1) is 16.8 Å². The molecule has 3 aromatic rings. The molecule has 5 nitrogen and oxygen atoms in total. The van der Waals surface area contributed by atoms with Gasteiger partial charge in [0, 0.05) is 21.2 Å². The summed E-state index contributed by atoms with van der Waals surface area (Å²) in [6.45, 7) is 0. The van der Waals surface area contributed by atoms with Gasteiger partial charge in [-0.15, -0.1) is 0 Å². The molecule has 1 aliphatic heterocycles. The normalized spacial score (nSPS) is 17.4. The molecule has 2 amide bonds. The van der Waals surface area contributed by atoms with Crippen molar-refractivity contribution in [3.8, 4) is 0 Å². The smallest absolute Gasteiger partial charge is 0.266 e. The number of hydrogen-bond donors (Lipinski definition) is 0. The highest BCUT2D eigenvalue weighted by Crippen LogP contribution is 2.32. The molecular weight excluding hydrogens is 449 g/mol. The predicted molar refractivity (Wildman–Crippen MR) is 122 cm³/mol. The van der Waals surface area contributed by atoms with E-state index in [0.29, 0.717) is 38.0 Å². The van der Waals surface area contributed by atoms with Crippen LogP contribution in [0.3, 0.4) is 0 Å². The molecule has 0 fully saturated rings. The summed E-state index contributed by atoms with van der Waals surface area (Å²) >= 11 is 11.9. The average molecular weight is 462 g/mol. The summed E-state index contributed by atoms with van der Waals surface area (Å²) in [6.07, 6.45) is 3.16. The lowest BCUT2D eigenvalue weighted by Gasteiger charge is -2.14. The zero-order valence-corrected chi connectivity index (χ0v) is 17.9. The molecule has 3 aromatic carbocycles. The van der Waals surface area contributed by atoms with Gasteiger partial charge in [0.1, 0.15) is 5.92 Å². The second-order valence-electron chi connectivity index (χ2n) is 7.49. The van der Waals surface area contributed by atoms with Crippen LogP contribution in [0.2, 0.25) is 10.0 Å². The largest absolute Gasteiger partial charge is 0.293 e. The van der Waals surface area contributed by atoms with Crippen LogP contribution in [0.25, 0.3) is 6.08 Å². The highest BCUT2D eigenvalue weighted by Gasteiger charge is 2.38. The highest BCUT2D eigenvalue weighted by molar-refractivity contribution is 6.37. The van der Waals surface area contributed by atoms with Crippen LogP contribution >= 0.6 is 23.2 Å². The van der Waals surface area contributed by atoms with Crippen LogP contribution in [0.4, 0.5) is 5.69 Å². The Hall–Kier alpha value is -3.54. The van der Waals surface area contributed by atoms with Crippen molar-refractivity contribution in [2.45, 2.75) is 0 Å². The highest BCUT2D eigenvalue weighted by atomic mass is 35.5. The molecule has 0 saturated heterocycles. The number of Topliss-reactive ketones (excluding diaryl/α,β-unsaturated/α-hetero) is 2. The lowest BCUT2D eigenvalue weighted by molar-refractivity contribution is 0.0867. The standard InChI is InChI=1S/C25H13Cl2NO4/c26-14-5-8-17-20(11-14)23(30)19(22(17)29)7-4-13-2-1-3-16(10-13)28-24(31)18-9-6-15(27)12-21(18)25(28)32/h1-12,19H/b7-4+. The summed E-state index contributed by atoms with van der Waals surface area (Å²) in [4.78, 5) is 52.0. The van der Waals surface area contributed by atoms with Crippen LogP contribution in [0, 0.1) is 5.92 Å². The van der Waals surface area contributed by atoms with E-state index in [1.54, 1.807) is 48.5 Å². The van der Waals surface area contributed by atoms with Gasteiger partial charge in [-0.3, -0.25) is 19.2 Å². The molecule has 0 saturated carbocycles. The molecule has 1 atom stereocenters. The van der Waals surface area contributed by atoms with Gasteiger partial charge in [-0.2, -0.15) is 0 Å². The number of halogens is 2. The number of ketones is 2. The van der Waals surface area contributed by atoms with Crippen LogP contribution in [-0.2, 0) is 0 Å². The van der Waals surface area contributed by atoms with Crippen molar-refractivity contribution in [2.24, 2.45) is 5.92 Å². The maximum atomic E-state index is 12.8. The van der Waals surface area contributed by atoms with Crippen molar-refractivity contribution in [2.75, 3.05) is 4.90 Å². The first-order valence-corrected chi connectivity index (χ1v) is 10.5. The number of anilines is 1. The van der Waals surface area contributed by atoms with E-state index in [-0.39, 0.29) is 17.1 Å². The number of benzene rings is 3. The molecule has 1 heterocycles. The summed E-state index contributed by atoms with van der Waals surface area (Å²) in [6, 6.07) is 15.9. The first-order chi connectivity index (χ1) is 15.3. The minimum Gasteiger partial charge on any atom is -0.293 e. The summed E-state index contributed by atoms with van der Waals surface area (Å²) < 4.78 is 0. The Labute approximate surface area is 192 Å². The van der Waals surface area contributed by atoms with Crippen LogP contribution in [-0.4, -0.2) is 23.4 Å². The van der Waals surface area contributed by atoms with E-state index in [4.69, 9.17) is 23.2 Å². The van der Waals surface area contributed by atoms with Gasteiger partial charge >= 0.3 is 0 Å². The maximum absolute atomic E-state index is 12.8. The van der Waals surface area contributed by atoms with E-state index in [1.807, 2.05) is 0 Å². The minimum absolute atomic E-state index is 0.252. The van der Waals surface area contributed by atoms with E-state index in [9.17, 15) is 19.2 Å². The van der Waals surface area contributed by atoms with E-state index in [2.05, 4.69) is 0 Å². The zero-order chi connectivity index (χ0) is 22.6. The molecule has 1 aliphatic carbocycles. The van der Waals surface area contributed by atoms with Crippen molar-refractivity contribution in [1.82, 2.24) is 0 Å². The number of allylic oxidation sites excluding steroid dienone is 1. The zero-order valence-electron chi connectivity index (χ0n) is 16.3. The third-order valence-electron chi connectivity index (χ3n) is 5.54. The molecule has 5 rings (SSSR count). The van der Waals surface area contributed by atoms with Gasteiger partial charge in [0.25, 0.3) is 11.8 Å². The second-order valence-corrected chi connectivity index (χ2v) is 8.36. The lowest BCUT2D eigenvalue weighted by Crippen LogP contribution is -2.29. The molecular formula is C25H13Cl2NO4. The van der Waals surface area contributed by atoms with Gasteiger partial charge in [-0.25, -0.2) is 4.90 Å². The lowest BCUT2D eigenvalue weighted by atomic mass is 10.0. The van der Waals surface area contributed by atoms with Crippen molar-refractivity contribution in [1.29, 1.82) is 0 Å². The first-order valence-electron chi connectivity index (χ1n) is 9.70. The average Bonchev–Trinajstić information content (AvgIpc) is 3.16. The summed E-state index contributed by atoms with van der Waals surface area (Å²) in [5.74, 6) is -2.42. The monoisotopic (exact) mass is 461 g/mol. The Bertz CT molecular complexity index is 1390. The molecule has 2 aliphatic rings. The van der Waals surface area contributed by atoms with Gasteiger partial charge in [-0.05, 0) is 54.1 Å². The van der Waals surface area contributed by atoms with E-state index in [0.717, 1.165) is 4.90 Å². The predicted octanol–water partition coefficient (Wildman–Crippen LogP) is 5.50. The van der Waals surface area contributed by atoms with Gasteiger partial charge in [0.15, 0.2) is 11.6 Å². The quantitative estimate of drug-likeness (QED) is 0.381. The fourth-order valence-electron chi connectivity index (χ4n) is 3.99. The van der Waals surface area contributed by atoms with Crippen molar-refractivity contribution in [3.05, 3.63) is 105 Å². The fourth-order valence-corrected chi connectivity index (χ4v) is 4.33. The molecule has 32 heavy (non-hydrogen) atoms. The number of rotatable bonds is 3. The Morgan fingerprint density at radius 2 is 1.31 bits per heavy atom. The number of nitrogens with zero attached hydrogens (tertiary/aromatic N) is 1. The van der Waals surface area contributed by atoms with Crippen molar-refractivity contribution >= 4 is 58.3 Å². The Morgan fingerprint density at radius 1 is 0.688 bits per heavy atom. The topological polar surface area (TPSA) is 71.5 Å². The van der Waals surface area contributed by atoms with Gasteiger partial charge in [0.2, 0.25) is 0 Å². The molecule has 7 heteroatoms. The van der Waals surface area contributed by atoms with Crippen LogP contribution in [0.15, 0.2) is 66.7 Å². The third kappa shape index (κ3) is 3.18. The summed E-state index contributed by atoms with van der Waals surface area (Å²) in [7, 11) is 0. The number of carbonyl (C=O) groups is 4. The number of carbonyl (C=O) groups excluding carboxylic acids is 4. The van der Waals surface area contributed by atoms with Crippen molar-refractivity contribution < 1.29 is 19.2 Å². The van der Waals surface area contributed by atoms with Crippen LogP contribution in [0.1, 0.15) is 47.0 Å². The van der Waals surface area contributed by atoms with Crippen molar-refractivity contribution in [3.63, 3.8) is 0 Å². The van der Waals surface area contributed by atoms with Crippen LogP contribution in [0.5, 0.6) is 0 Å². The Balaban J connectivity index is 1.43. The molecule has 0 N–H and O–H groups in total. The van der Waals surface area contributed by atoms with Crippen LogP contribution < -0.4 is 4.90 Å². The third-order valence-corrected chi connectivity index (χ3v) is 6.01. The summed E-state index contributed by atoms with van der Waals surface area (Å²) in [5.41, 5.74) is 2.23. The van der Waals surface area contributed by atoms with E-state index < -0.39 is 17.7 Å². The SMILES string of the molecule is O=C1c2ccc(Cl)cc2C(=O)C1/C=C/c1cccc(N2C(=O)c3ccc(Cl)cc3C2=O)c1. The number of imide groups is 1. The molecule has 0 radical (unpaired) electrons. The fraction of sp³-hybridized carbons (Fsp3) is 0.0400. The summed E-state index contributed by atoms with van der Waals surface area (Å²) in [5, 5.41) is 0.765.